The van der Waals surface area contributed by atoms with Crippen LogP contribution in [0.4, 0.5) is 14.5 Å². The number of carbonyl (C=O) groups excluding carboxylic acids is 1. The fourth-order valence-electron chi connectivity index (χ4n) is 2.28. The first-order chi connectivity index (χ1) is 12.3. The molecule has 0 fully saturated rings. The van der Waals surface area contributed by atoms with Gasteiger partial charge in [0.1, 0.15) is 17.8 Å². The Hall–Kier alpha value is -3.08. The van der Waals surface area contributed by atoms with Crippen molar-refractivity contribution in [3.05, 3.63) is 54.5 Å². The second kappa shape index (κ2) is 6.67. The van der Waals surface area contributed by atoms with Gasteiger partial charge in [0, 0.05) is 12.3 Å². The summed E-state index contributed by atoms with van der Waals surface area (Å²) in [6.07, 6.45) is 2.84. The zero-order valence-electron chi connectivity index (χ0n) is 13.3. The number of halogens is 2. The van der Waals surface area contributed by atoms with Crippen molar-refractivity contribution in [2.75, 3.05) is 18.0 Å². The normalized spacial score (nSPS) is 11.5. The second-order valence-electron chi connectivity index (χ2n) is 5.12. The van der Waals surface area contributed by atoms with Crippen molar-refractivity contribution in [3.63, 3.8) is 0 Å². The molecule has 0 aliphatic rings. The van der Waals surface area contributed by atoms with Crippen LogP contribution in [0.25, 0.3) is 5.65 Å². The molecule has 0 atom stereocenters. The van der Waals surface area contributed by atoms with Gasteiger partial charge in [-0.1, -0.05) is 0 Å². The summed E-state index contributed by atoms with van der Waals surface area (Å²) in [5.74, 6) is -3.29. The molecule has 0 spiro atoms. The molecule has 0 N–H and O–H groups in total. The summed E-state index contributed by atoms with van der Waals surface area (Å²) in [5.41, 5.74) is -0.222. The molecule has 0 unspecified atom stereocenters. The van der Waals surface area contributed by atoms with Gasteiger partial charge >= 0.3 is 5.97 Å². The Morgan fingerprint density at radius 2 is 2.04 bits per heavy atom. The Bertz CT molecular complexity index is 1080. The van der Waals surface area contributed by atoms with E-state index in [1.54, 1.807) is 0 Å². The highest BCUT2D eigenvalue weighted by Crippen LogP contribution is 2.27. The first kappa shape index (κ1) is 17.7. The van der Waals surface area contributed by atoms with Crippen molar-refractivity contribution in [2.24, 2.45) is 0 Å². The quantitative estimate of drug-likeness (QED) is 0.619. The third-order valence-corrected chi connectivity index (χ3v) is 5.34. The van der Waals surface area contributed by atoms with E-state index >= 15 is 0 Å². The Morgan fingerprint density at radius 1 is 1.27 bits per heavy atom. The number of benzene rings is 1. The molecule has 3 rings (SSSR count). The lowest BCUT2D eigenvalue weighted by Gasteiger charge is -2.23. The van der Waals surface area contributed by atoms with Gasteiger partial charge in [-0.15, -0.1) is 10.2 Å². The van der Waals surface area contributed by atoms with Crippen LogP contribution in [-0.4, -0.2) is 42.6 Å². The number of pyridine rings is 1. The molecule has 0 amide bonds. The van der Waals surface area contributed by atoms with E-state index in [1.807, 2.05) is 0 Å². The standard InChI is InChI=1S/C15H12F2N4O4S/c1-25-14(22)8-21(10-4-5-11(16)12(17)7-10)26(23,24)13-3-2-6-20-9-18-19-15(13)20/h2-7,9H,8H2,1H3. The van der Waals surface area contributed by atoms with E-state index in [9.17, 15) is 22.0 Å². The number of methoxy groups -OCH3 is 1. The molecule has 0 saturated carbocycles. The average Bonchev–Trinajstić information content (AvgIpc) is 3.10. The Morgan fingerprint density at radius 3 is 2.73 bits per heavy atom. The third kappa shape index (κ3) is 3.08. The van der Waals surface area contributed by atoms with Gasteiger partial charge in [-0.25, -0.2) is 17.2 Å². The van der Waals surface area contributed by atoms with Gasteiger partial charge in [0.05, 0.1) is 12.8 Å². The fourth-order valence-corrected chi connectivity index (χ4v) is 3.81. The monoisotopic (exact) mass is 382 g/mol. The highest BCUT2D eigenvalue weighted by Gasteiger charge is 2.30. The van der Waals surface area contributed by atoms with Gasteiger partial charge in [-0.3, -0.25) is 13.5 Å². The number of fused-ring (bicyclic) bond motifs is 1. The highest BCUT2D eigenvalue weighted by molar-refractivity contribution is 7.93. The summed E-state index contributed by atoms with van der Waals surface area (Å²) >= 11 is 0. The van der Waals surface area contributed by atoms with Gasteiger partial charge in [0.2, 0.25) is 0 Å². The van der Waals surface area contributed by atoms with E-state index in [2.05, 4.69) is 14.9 Å². The summed E-state index contributed by atoms with van der Waals surface area (Å²) in [6, 6.07) is 5.21. The molecule has 11 heteroatoms. The molecule has 8 nitrogen and oxygen atoms in total. The first-order valence-electron chi connectivity index (χ1n) is 7.17. The maximum atomic E-state index is 13.6. The maximum Gasteiger partial charge on any atom is 0.326 e. The number of sulfonamides is 1. The van der Waals surface area contributed by atoms with Crippen LogP contribution in [0.1, 0.15) is 0 Å². The van der Waals surface area contributed by atoms with Gasteiger partial charge in [-0.05, 0) is 24.3 Å². The number of rotatable bonds is 5. The number of ether oxygens (including phenoxy) is 1. The van der Waals surface area contributed by atoms with Crippen LogP contribution in [0.5, 0.6) is 0 Å². The number of hydrogen-bond donors (Lipinski definition) is 0. The molecule has 0 radical (unpaired) electrons. The molecule has 0 saturated heterocycles. The minimum absolute atomic E-state index is 0.0185. The highest BCUT2D eigenvalue weighted by atomic mass is 32.2. The van der Waals surface area contributed by atoms with Crippen LogP contribution < -0.4 is 4.31 Å². The predicted octanol–water partition coefficient (Wildman–Crippen LogP) is 1.38. The first-order valence-corrected chi connectivity index (χ1v) is 8.61. The molecule has 136 valence electrons. The van der Waals surface area contributed by atoms with E-state index in [0.29, 0.717) is 10.4 Å². The topological polar surface area (TPSA) is 93.9 Å². The molecule has 26 heavy (non-hydrogen) atoms. The summed E-state index contributed by atoms with van der Waals surface area (Å²) < 4.78 is 59.6. The number of carbonyl (C=O) groups is 1. The maximum absolute atomic E-state index is 13.6. The minimum atomic E-state index is -4.37. The summed E-state index contributed by atoms with van der Waals surface area (Å²) in [5, 5.41) is 7.39. The smallest absolute Gasteiger partial charge is 0.326 e. The molecule has 2 heterocycles. The van der Waals surface area contributed by atoms with Crippen LogP contribution in [0, 0.1) is 11.6 Å². The Balaban J connectivity index is 2.18. The third-order valence-electron chi connectivity index (χ3n) is 3.55. The lowest BCUT2D eigenvalue weighted by molar-refractivity contribution is -0.138. The van der Waals surface area contributed by atoms with Crippen molar-refractivity contribution in [1.29, 1.82) is 0 Å². The summed E-state index contributed by atoms with van der Waals surface area (Å²) in [4.78, 5) is 11.5. The van der Waals surface area contributed by atoms with Crippen LogP contribution in [0.2, 0.25) is 0 Å². The van der Waals surface area contributed by atoms with E-state index in [1.165, 1.54) is 29.1 Å². The molecule has 3 aromatic rings. The average molecular weight is 382 g/mol. The Kier molecular flexibility index (Phi) is 4.55. The molecule has 1 aromatic carbocycles. The van der Waals surface area contributed by atoms with Crippen molar-refractivity contribution in [2.45, 2.75) is 4.90 Å². The van der Waals surface area contributed by atoms with Gasteiger partial charge in [0.15, 0.2) is 17.3 Å². The van der Waals surface area contributed by atoms with E-state index in [4.69, 9.17) is 0 Å². The van der Waals surface area contributed by atoms with E-state index < -0.39 is 34.2 Å². The van der Waals surface area contributed by atoms with Gasteiger partial charge in [-0.2, -0.15) is 0 Å². The molecular formula is C15H12F2N4O4S. The van der Waals surface area contributed by atoms with Crippen LogP contribution in [0.15, 0.2) is 47.8 Å². The number of aromatic nitrogens is 3. The number of hydrogen-bond acceptors (Lipinski definition) is 6. The zero-order chi connectivity index (χ0) is 18.9. The van der Waals surface area contributed by atoms with Crippen molar-refractivity contribution in [1.82, 2.24) is 14.6 Å². The SMILES string of the molecule is COC(=O)CN(c1ccc(F)c(F)c1)S(=O)(=O)c1cccn2cnnc12. The molecular weight excluding hydrogens is 370 g/mol. The molecule has 0 bridgehead atoms. The summed E-state index contributed by atoms with van der Waals surface area (Å²) in [6.45, 7) is -0.737. The van der Waals surface area contributed by atoms with Gasteiger partial charge in [0.25, 0.3) is 10.0 Å². The zero-order valence-corrected chi connectivity index (χ0v) is 14.2. The number of nitrogens with zero attached hydrogens (tertiary/aromatic N) is 4. The van der Waals surface area contributed by atoms with Crippen LogP contribution >= 0.6 is 0 Å². The lowest BCUT2D eigenvalue weighted by Crippen LogP contribution is -2.36. The predicted molar refractivity (Wildman–Crippen MR) is 85.9 cm³/mol. The van der Waals surface area contributed by atoms with Crippen molar-refractivity contribution < 1.29 is 26.7 Å². The molecule has 0 aliphatic carbocycles. The molecule has 0 aliphatic heterocycles. The largest absolute Gasteiger partial charge is 0.468 e. The van der Waals surface area contributed by atoms with Crippen LogP contribution in [0.3, 0.4) is 0 Å². The fraction of sp³-hybridized carbons (Fsp3) is 0.133. The second-order valence-corrected chi connectivity index (χ2v) is 6.95. The van der Waals surface area contributed by atoms with E-state index in [-0.39, 0.29) is 16.2 Å². The molecule has 2 aromatic heterocycles. The van der Waals surface area contributed by atoms with Crippen molar-refractivity contribution in [3.8, 4) is 0 Å². The van der Waals surface area contributed by atoms with Gasteiger partial charge < -0.3 is 4.74 Å². The van der Waals surface area contributed by atoms with Crippen LogP contribution in [-0.2, 0) is 19.6 Å². The van der Waals surface area contributed by atoms with E-state index in [0.717, 1.165) is 19.2 Å². The number of esters is 1. The summed E-state index contributed by atoms with van der Waals surface area (Å²) in [7, 11) is -3.28. The Labute approximate surface area is 146 Å². The number of anilines is 1. The van der Waals surface area contributed by atoms with Crippen molar-refractivity contribution >= 4 is 27.3 Å². The minimum Gasteiger partial charge on any atom is -0.468 e. The lowest BCUT2D eigenvalue weighted by atomic mass is 10.3.